The number of fused-ring (bicyclic) bond motifs is 1. The molecule has 2 aromatic carbocycles. The van der Waals surface area contributed by atoms with E-state index in [1.807, 2.05) is 38.1 Å². The highest BCUT2D eigenvalue weighted by Crippen LogP contribution is 2.27. The molecule has 0 spiro atoms. The molecule has 3 aromatic rings. The molecule has 2 unspecified atom stereocenters. The first-order chi connectivity index (χ1) is 15.2. The van der Waals surface area contributed by atoms with Crippen LogP contribution in [0, 0.1) is 13.8 Å². The smallest absolute Gasteiger partial charge is 0.266 e. The molecular formula is C23H25N3O4S2. The van der Waals surface area contributed by atoms with Gasteiger partial charge in [0.05, 0.1) is 33.3 Å². The molecule has 1 aliphatic rings. The van der Waals surface area contributed by atoms with Crippen LogP contribution in [0.1, 0.15) is 24.5 Å². The molecule has 0 bridgehead atoms. The first-order valence-electron chi connectivity index (χ1n) is 10.4. The molecule has 1 N–H and O–H groups in total. The average molecular weight is 472 g/mol. The van der Waals surface area contributed by atoms with Gasteiger partial charge >= 0.3 is 0 Å². The average Bonchev–Trinajstić information content (AvgIpc) is 3.09. The number of para-hydroxylation sites is 1. The SMILES string of the molecule is Cc1cccc(-n2c(SC(C)C(=O)NC3CCS(=O)(=O)C3)nc3ccccc3c2=O)c1C. The number of hydrogen-bond acceptors (Lipinski definition) is 6. The van der Waals surface area contributed by atoms with Crippen molar-refractivity contribution in [3.8, 4) is 5.69 Å². The van der Waals surface area contributed by atoms with E-state index < -0.39 is 15.1 Å². The van der Waals surface area contributed by atoms with Crippen molar-refractivity contribution >= 4 is 38.4 Å². The first-order valence-corrected chi connectivity index (χ1v) is 13.1. The maximum Gasteiger partial charge on any atom is 0.266 e. The Balaban J connectivity index is 1.72. The zero-order valence-corrected chi connectivity index (χ0v) is 19.8. The van der Waals surface area contributed by atoms with Gasteiger partial charge in [-0.2, -0.15) is 0 Å². The fourth-order valence-corrected chi connectivity index (χ4v) is 6.42. The zero-order chi connectivity index (χ0) is 23.0. The number of nitrogens with zero attached hydrogens (tertiary/aromatic N) is 2. The van der Waals surface area contributed by atoms with Crippen LogP contribution in [0.25, 0.3) is 16.6 Å². The van der Waals surface area contributed by atoms with E-state index in [1.165, 1.54) is 11.8 Å². The lowest BCUT2D eigenvalue weighted by Gasteiger charge is -2.19. The third-order valence-electron chi connectivity index (χ3n) is 5.79. The van der Waals surface area contributed by atoms with Crippen molar-refractivity contribution in [2.24, 2.45) is 0 Å². The van der Waals surface area contributed by atoms with Gasteiger partial charge in [0.1, 0.15) is 0 Å². The number of sulfone groups is 1. The quantitative estimate of drug-likeness (QED) is 0.454. The molecule has 32 heavy (non-hydrogen) atoms. The number of rotatable bonds is 5. The summed E-state index contributed by atoms with van der Waals surface area (Å²) in [6.45, 7) is 5.67. The summed E-state index contributed by atoms with van der Waals surface area (Å²) >= 11 is 1.19. The van der Waals surface area contributed by atoms with E-state index >= 15 is 0 Å². The van der Waals surface area contributed by atoms with Gasteiger partial charge in [0, 0.05) is 6.04 Å². The number of carbonyl (C=O) groups excluding carboxylic acids is 1. The third kappa shape index (κ3) is 4.45. The lowest BCUT2D eigenvalue weighted by atomic mass is 10.1. The summed E-state index contributed by atoms with van der Waals surface area (Å²) in [7, 11) is -3.09. The summed E-state index contributed by atoms with van der Waals surface area (Å²) < 4.78 is 25.0. The minimum absolute atomic E-state index is 0.0302. The molecule has 1 aliphatic heterocycles. The Labute approximate surface area is 191 Å². The molecule has 0 radical (unpaired) electrons. The highest BCUT2D eigenvalue weighted by molar-refractivity contribution is 8.00. The number of amides is 1. The Morgan fingerprint density at radius 1 is 1.19 bits per heavy atom. The van der Waals surface area contributed by atoms with Crippen molar-refractivity contribution in [3.05, 3.63) is 63.9 Å². The van der Waals surface area contributed by atoms with Crippen molar-refractivity contribution in [1.29, 1.82) is 0 Å². The fraction of sp³-hybridized carbons (Fsp3) is 0.348. The van der Waals surface area contributed by atoms with Crippen LogP contribution >= 0.6 is 11.8 Å². The van der Waals surface area contributed by atoms with Gasteiger partial charge in [0.15, 0.2) is 15.0 Å². The monoisotopic (exact) mass is 471 g/mol. The standard InChI is InChI=1S/C23H25N3O4S2/c1-14-7-6-10-20(15(14)2)26-22(28)18-8-4-5-9-19(18)25-23(26)31-16(3)21(27)24-17-11-12-32(29,30)13-17/h4-10,16-17H,11-13H2,1-3H3,(H,24,27). The van der Waals surface area contributed by atoms with Gasteiger partial charge in [-0.25, -0.2) is 13.4 Å². The predicted octanol–water partition coefficient (Wildman–Crippen LogP) is 2.79. The molecule has 4 rings (SSSR count). The lowest BCUT2D eigenvalue weighted by molar-refractivity contribution is -0.120. The molecule has 1 amide bonds. The minimum atomic E-state index is -3.09. The van der Waals surface area contributed by atoms with E-state index in [1.54, 1.807) is 29.7 Å². The van der Waals surface area contributed by atoms with Gasteiger partial charge in [-0.05, 0) is 56.5 Å². The van der Waals surface area contributed by atoms with Crippen LogP contribution in [-0.2, 0) is 14.6 Å². The Morgan fingerprint density at radius 3 is 2.66 bits per heavy atom. The van der Waals surface area contributed by atoms with Gasteiger partial charge in [-0.3, -0.25) is 14.2 Å². The summed E-state index contributed by atoms with van der Waals surface area (Å²) in [5.74, 6) is -0.206. The highest BCUT2D eigenvalue weighted by Gasteiger charge is 2.30. The predicted molar refractivity (Wildman–Crippen MR) is 127 cm³/mol. The van der Waals surface area contributed by atoms with Crippen molar-refractivity contribution in [2.75, 3.05) is 11.5 Å². The van der Waals surface area contributed by atoms with Crippen molar-refractivity contribution < 1.29 is 13.2 Å². The molecule has 9 heteroatoms. The molecule has 1 saturated heterocycles. The summed E-state index contributed by atoms with van der Waals surface area (Å²) in [4.78, 5) is 31.0. The van der Waals surface area contributed by atoms with Crippen molar-refractivity contribution in [3.63, 3.8) is 0 Å². The number of thioether (sulfide) groups is 1. The molecule has 1 fully saturated rings. The normalized spacial score (nSPS) is 18.5. The largest absolute Gasteiger partial charge is 0.351 e. The van der Waals surface area contributed by atoms with Crippen LogP contribution in [0.5, 0.6) is 0 Å². The van der Waals surface area contributed by atoms with E-state index in [0.717, 1.165) is 16.8 Å². The molecule has 0 saturated carbocycles. The zero-order valence-electron chi connectivity index (χ0n) is 18.2. The van der Waals surface area contributed by atoms with Gasteiger partial charge in [0.2, 0.25) is 5.91 Å². The van der Waals surface area contributed by atoms with Crippen LogP contribution < -0.4 is 10.9 Å². The summed E-state index contributed by atoms with van der Waals surface area (Å²) in [5, 5.41) is 3.19. The Bertz CT molecular complexity index is 1370. The number of aryl methyl sites for hydroxylation is 1. The molecule has 0 aliphatic carbocycles. The number of benzene rings is 2. The van der Waals surface area contributed by atoms with E-state index in [9.17, 15) is 18.0 Å². The van der Waals surface area contributed by atoms with E-state index in [4.69, 9.17) is 4.98 Å². The first kappa shape index (κ1) is 22.5. The fourth-order valence-electron chi connectivity index (χ4n) is 3.82. The third-order valence-corrected chi connectivity index (χ3v) is 8.61. The van der Waals surface area contributed by atoms with Gasteiger partial charge in [-0.1, -0.05) is 36.0 Å². The summed E-state index contributed by atoms with van der Waals surface area (Å²) in [5.41, 5.74) is 3.11. The maximum absolute atomic E-state index is 13.5. The van der Waals surface area contributed by atoms with E-state index in [0.29, 0.717) is 22.5 Å². The Morgan fingerprint density at radius 2 is 1.94 bits per heavy atom. The number of aromatic nitrogens is 2. The van der Waals surface area contributed by atoms with Crippen molar-refractivity contribution in [2.45, 2.75) is 43.6 Å². The van der Waals surface area contributed by atoms with Crippen LogP contribution in [0.15, 0.2) is 52.4 Å². The van der Waals surface area contributed by atoms with E-state index in [-0.39, 0.29) is 29.0 Å². The van der Waals surface area contributed by atoms with E-state index in [2.05, 4.69) is 5.32 Å². The molecule has 2 heterocycles. The van der Waals surface area contributed by atoms with Gasteiger partial charge in [-0.15, -0.1) is 0 Å². The molecular weight excluding hydrogens is 446 g/mol. The van der Waals surface area contributed by atoms with Crippen molar-refractivity contribution in [1.82, 2.24) is 14.9 Å². The second kappa shape index (κ2) is 8.71. The topological polar surface area (TPSA) is 98.1 Å². The Hall–Kier alpha value is -2.65. The second-order valence-electron chi connectivity index (χ2n) is 8.14. The molecule has 168 valence electrons. The number of nitrogens with one attached hydrogen (secondary N) is 1. The second-order valence-corrected chi connectivity index (χ2v) is 11.7. The number of hydrogen-bond donors (Lipinski definition) is 1. The highest BCUT2D eigenvalue weighted by atomic mass is 32.2. The molecule has 1 aromatic heterocycles. The molecule has 7 nitrogen and oxygen atoms in total. The van der Waals surface area contributed by atoms with Crippen LogP contribution in [0.4, 0.5) is 0 Å². The molecule has 2 atom stereocenters. The van der Waals surface area contributed by atoms with Crippen LogP contribution in [0.3, 0.4) is 0 Å². The lowest BCUT2D eigenvalue weighted by Crippen LogP contribution is -2.40. The summed E-state index contributed by atoms with van der Waals surface area (Å²) in [6.07, 6.45) is 0.423. The van der Waals surface area contributed by atoms with Crippen LogP contribution in [0.2, 0.25) is 0 Å². The maximum atomic E-state index is 13.5. The minimum Gasteiger partial charge on any atom is -0.351 e. The Kier molecular flexibility index (Phi) is 6.13. The van der Waals surface area contributed by atoms with Gasteiger partial charge in [0.25, 0.3) is 5.56 Å². The summed E-state index contributed by atoms with van der Waals surface area (Å²) in [6, 6.07) is 12.5. The van der Waals surface area contributed by atoms with Gasteiger partial charge < -0.3 is 5.32 Å². The number of carbonyl (C=O) groups is 1. The van der Waals surface area contributed by atoms with Crippen LogP contribution in [-0.4, -0.2) is 46.7 Å².